The fraction of sp³-hybridized carbons (Fsp3) is 0.320. The summed E-state index contributed by atoms with van der Waals surface area (Å²) >= 11 is 0. The summed E-state index contributed by atoms with van der Waals surface area (Å²) in [5.74, 6) is 0.620. The topological polar surface area (TPSA) is 94.6 Å². The molecule has 0 bridgehead atoms. The summed E-state index contributed by atoms with van der Waals surface area (Å²) in [5.41, 5.74) is 2.95. The number of morpholine rings is 1. The van der Waals surface area contributed by atoms with Crippen LogP contribution in [0.3, 0.4) is 0 Å². The van der Waals surface area contributed by atoms with Gasteiger partial charge < -0.3 is 19.5 Å². The van der Waals surface area contributed by atoms with Gasteiger partial charge in [0.2, 0.25) is 5.95 Å². The molecule has 0 amide bonds. The van der Waals surface area contributed by atoms with E-state index < -0.39 is 6.61 Å². The van der Waals surface area contributed by atoms with Gasteiger partial charge in [-0.1, -0.05) is 12.1 Å². The normalized spacial score (nSPS) is 14.1. The van der Waals surface area contributed by atoms with Crippen LogP contribution < -0.4 is 15.2 Å². The molecule has 1 N–H and O–H groups in total. The molecule has 9 nitrogen and oxygen atoms in total. The molecular weight excluding hydrogens is 472 g/mol. The molecule has 1 aliphatic rings. The lowest BCUT2D eigenvalue weighted by atomic mass is 10.1. The second-order valence-corrected chi connectivity index (χ2v) is 8.47. The number of hydrogen-bond acceptors (Lipinski definition) is 7. The van der Waals surface area contributed by atoms with E-state index >= 15 is 0 Å². The van der Waals surface area contributed by atoms with Gasteiger partial charge in [-0.3, -0.25) is 14.2 Å². The van der Waals surface area contributed by atoms with Gasteiger partial charge in [0, 0.05) is 43.7 Å². The first-order valence-electron chi connectivity index (χ1n) is 11.5. The molecule has 1 fully saturated rings. The summed E-state index contributed by atoms with van der Waals surface area (Å²) in [7, 11) is 1.62. The third-order valence-corrected chi connectivity index (χ3v) is 6.27. The Morgan fingerprint density at radius 3 is 2.53 bits per heavy atom. The number of rotatable bonds is 7. The van der Waals surface area contributed by atoms with Gasteiger partial charge in [0.15, 0.2) is 0 Å². The molecule has 36 heavy (non-hydrogen) atoms. The minimum atomic E-state index is -3.00. The lowest BCUT2D eigenvalue weighted by Gasteiger charge is -2.26. The minimum absolute atomic E-state index is 0.0141. The van der Waals surface area contributed by atoms with Crippen molar-refractivity contribution in [1.29, 1.82) is 0 Å². The van der Waals surface area contributed by atoms with Gasteiger partial charge in [-0.05, 0) is 35.4 Å². The highest BCUT2D eigenvalue weighted by molar-refractivity contribution is 5.84. The molecule has 0 aliphatic carbocycles. The van der Waals surface area contributed by atoms with E-state index in [0.717, 1.165) is 24.2 Å². The van der Waals surface area contributed by atoms with Crippen LogP contribution in [0.5, 0.6) is 5.75 Å². The number of benzene rings is 2. The van der Waals surface area contributed by atoms with E-state index in [1.165, 1.54) is 16.8 Å². The average Bonchev–Trinajstić information content (AvgIpc) is 3.14. The Morgan fingerprint density at radius 1 is 1.08 bits per heavy atom. The summed E-state index contributed by atoms with van der Waals surface area (Å²) < 4.78 is 39.2. The summed E-state index contributed by atoms with van der Waals surface area (Å²) in [6.45, 7) is -0.427. The van der Waals surface area contributed by atoms with Crippen LogP contribution in [0, 0.1) is 0 Å². The van der Waals surface area contributed by atoms with Crippen LogP contribution >= 0.6 is 0 Å². The summed E-state index contributed by atoms with van der Waals surface area (Å²) in [6.07, 6.45) is 3.48. The smallest absolute Gasteiger partial charge is 0.387 e. The first-order valence-corrected chi connectivity index (χ1v) is 11.5. The van der Waals surface area contributed by atoms with Crippen LogP contribution in [0.15, 0.2) is 53.6 Å². The van der Waals surface area contributed by atoms with Gasteiger partial charge in [0.25, 0.3) is 5.56 Å². The number of ether oxygens (including phenoxy) is 2. The Labute approximate surface area is 205 Å². The van der Waals surface area contributed by atoms with Crippen LogP contribution in [-0.2, 0) is 24.9 Å². The first-order chi connectivity index (χ1) is 17.4. The zero-order valence-electron chi connectivity index (χ0n) is 19.6. The lowest BCUT2D eigenvalue weighted by Crippen LogP contribution is -2.37. The monoisotopic (exact) mass is 497 g/mol. The predicted molar refractivity (Wildman–Crippen MR) is 129 cm³/mol. The van der Waals surface area contributed by atoms with E-state index in [0.29, 0.717) is 41.2 Å². The highest BCUT2D eigenvalue weighted by atomic mass is 19.3. The van der Waals surface area contributed by atoms with Crippen LogP contribution in [0.1, 0.15) is 11.1 Å². The number of fused-ring (bicyclic) bond motifs is 1. The molecule has 2 aromatic carbocycles. The maximum atomic E-state index is 13.0. The second kappa shape index (κ2) is 10.0. The van der Waals surface area contributed by atoms with Gasteiger partial charge in [-0.15, -0.1) is 0 Å². The van der Waals surface area contributed by atoms with Gasteiger partial charge in [-0.25, -0.2) is 9.97 Å². The standard InChI is InChI=1S/C25H25F2N5O4/c1-30-23(34)20-4-3-17(19-12-28-25(29-13-19)31-6-8-35-9-7-31)11-21(20)32(30)14-18-10-16(15-33)2-5-22(18)36-24(26)27/h2-5,10-13,24,33H,6-9,14-15H2,1H3. The number of aliphatic hydroxyl groups excluding tert-OH is 1. The molecule has 0 atom stereocenters. The van der Waals surface area contributed by atoms with Crippen LogP contribution in [0.4, 0.5) is 14.7 Å². The average molecular weight is 498 g/mol. The predicted octanol–water partition coefficient (Wildman–Crippen LogP) is 2.78. The van der Waals surface area contributed by atoms with Gasteiger partial charge >= 0.3 is 6.61 Å². The Hall–Kier alpha value is -3.83. The number of halogens is 2. The molecule has 5 rings (SSSR count). The fourth-order valence-corrected chi connectivity index (χ4v) is 4.37. The number of aromatic nitrogens is 4. The Kier molecular flexibility index (Phi) is 6.66. The molecule has 3 heterocycles. The van der Waals surface area contributed by atoms with Gasteiger partial charge in [-0.2, -0.15) is 8.78 Å². The SMILES string of the molecule is Cn1c(=O)c2ccc(-c3cnc(N4CCOCC4)nc3)cc2n1Cc1cc(CO)ccc1OC(F)F. The van der Waals surface area contributed by atoms with E-state index in [-0.39, 0.29) is 24.5 Å². The van der Waals surface area contributed by atoms with Crippen molar-refractivity contribution in [3.8, 4) is 16.9 Å². The molecule has 2 aromatic heterocycles. The van der Waals surface area contributed by atoms with Gasteiger partial charge in [0.05, 0.1) is 37.3 Å². The van der Waals surface area contributed by atoms with Crippen LogP contribution in [0.2, 0.25) is 0 Å². The minimum Gasteiger partial charge on any atom is -0.434 e. The Bertz CT molecular complexity index is 1430. The Morgan fingerprint density at radius 2 is 1.83 bits per heavy atom. The van der Waals surface area contributed by atoms with E-state index in [2.05, 4.69) is 19.6 Å². The highest BCUT2D eigenvalue weighted by Gasteiger charge is 2.17. The number of alkyl halides is 2. The number of aliphatic hydroxyl groups is 1. The van der Waals surface area contributed by atoms with Gasteiger partial charge in [0.1, 0.15) is 5.75 Å². The molecule has 4 aromatic rings. The van der Waals surface area contributed by atoms with Crippen molar-refractivity contribution in [2.45, 2.75) is 19.8 Å². The molecule has 1 aliphatic heterocycles. The number of nitrogens with zero attached hydrogens (tertiary/aromatic N) is 5. The number of hydrogen-bond donors (Lipinski definition) is 1. The van der Waals surface area contributed by atoms with Crippen molar-refractivity contribution in [2.24, 2.45) is 7.05 Å². The zero-order valence-corrected chi connectivity index (χ0v) is 19.6. The van der Waals surface area contributed by atoms with Crippen molar-refractivity contribution in [2.75, 3.05) is 31.2 Å². The maximum Gasteiger partial charge on any atom is 0.387 e. The van der Waals surface area contributed by atoms with Crippen molar-refractivity contribution in [1.82, 2.24) is 19.3 Å². The summed E-state index contributed by atoms with van der Waals surface area (Å²) in [5, 5.41) is 10.0. The first kappa shape index (κ1) is 23.9. The largest absolute Gasteiger partial charge is 0.434 e. The fourth-order valence-electron chi connectivity index (χ4n) is 4.37. The third kappa shape index (κ3) is 4.67. The second-order valence-electron chi connectivity index (χ2n) is 8.47. The molecule has 0 radical (unpaired) electrons. The lowest BCUT2D eigenvalue weighted by molar-refractivity contribution is -0.0505. The third-order valence-electron chi connectivity index (χ3n) is 6.27. The Balaban J connectivity index is 1.52. The van der Waals surface area contributed by atoms with E-state index in [9.17, 15) is 18.7 Å². The van der Waals surface area contributed by atoms with Crippen LogP contribution in [0.25, 0.3) is 22.0 Å². The summed E-state index contributed by atoms with van der Waals surface area (Å²) in [4.78, 5) is 24.0. The van der Waals surface area contributed by atoms with Crippen molar-refractivity contribution in [3.05, 3.63) is 70.3 Å². The zero-order chi connectivity index (χ0) is 25.2. The van der Waals surface area contributed by atoms with Crippen molar-refractivity contribution in [3.63, 3.8) is 0 Å². The number of anilines is 1. The van der Waals surface area contributed by atoms with E-state index in [1.54, 1.807) is 36.3 Å². The quantitative estimate of drug-likeness (QED) is 0.420. The van der Waals surface area contributed by atoms with Crippen molar-refractivity contribution >= 4 is 16.9 Å². The summed E-state index contributed by atoms with van der Waals surface area (Å²) in [6, 6.07) is 9.94. The molecule has 0 saturated carbocycles. The molecular formula is C25H25F2N5O4. The van der Waals surface area contributed by atoms with Crippen molar-refractivity contribution < 1.29 is 23.4 Å². The maximum absolute atomic E-state index is 13.0. The molecule has 188 valence electrons. The highest BCUT2D eigenvalue weighted by Crippen LogP contribution is 2.27. The van der Waals surface area contributed by atoms with Crippen LogP contribution in [-0.4, -0.2) is 57.4 Å². The van der Waals surface area contributed by atoms with E-state index in [4.69, 9.17) is 4.74 Å². The molecule has 1 saturated heterocycles. The van der Waals surface area contributed by atoms with E-state index in [1.807, 2.05) is 12.1 Å². The molecule has 0 spiro atoms. The molecule has 11 heteroatoms. The molecule has 0 unspecified atom stereocenters.